The van der Waals surface area contributed by atoms with Crippen LogP contribution in [0.4, 0.5) is 0 Å². The SMILES string of the molecule is C=C(ONS(C)(=O)=O)OC(=O)C1C2CC(C1C(=O)OC(C)(C)C)C1C3CC(C(C)C3C)C21.CCOCOC(=O)C1C2CC(C1C(=O)OC1C3CC4CC(C3)CC1C4)C1C3CC(C(C)C3C)C21. The van der Waals surface area contributed by atoms with Crippen molar-refractivity contribution in [3.8, 4) is 0 Å². The Kier molecular flexibility index (Phi) is 12.1. The summed E-state index contributed by atoms with van der Waals surface area (Å²) in [5.74, 6) is 7.36. The first-order chi connectivity index (χ1) is 31.1. The quantitative estimate of drug-likeness (QED) is 0.0384. The van der Waals surface area contributed by atoms with Gasteiger partial charge in [-0.2, -0.15) is 0 Å². The second kappa shape index (κ2) is 17.0. The van der Waals surface area contributed by atoms with Gasteiger partial charge in [0, 0.05) is 6.61 Å². The third kappa shape index (κ3) is 7.77. The van der Waals surface area contributed by atoms with E-state index in [9.17, 15) is 27.6 Å². The Morgan fingerprint density at radius 3 is 1.42 bits per heavy atom. The van der Waals surface area contributed by atoms with Crippen LogP contribution >= 0.6 is 0 Å². The summed E-state index contributed by atoms with van der Waals surface area (Å²) in [5, 5.41) is 0. The van der Waals surface area contributed by atoms with E-state index in [2.05, 4.69) is 34.3 Å². The molecule has 14 heteroatoms. The molecule has 12 bridgehead atoms. The second-order valence-electron chi connectivity index (χ2n) is 24.8. The summed E-state index contributed by atoms with van der Waals surface area (Å²) in [6.45, 7) is 20.8. The smallest absolute Gasteiger partial charge is 0.317 e. The van der Waals surface area contributed by atoms with Gasteiger partial charge in [-0.1, -0.05) is 27.7 Å². The van der Waals surface area contributed by atoms with Crippen molar-refractivity contribution >= 4 is 33.9 Å². The van der Waals surface area contributed by atoms with E-state index in [4.69, 9.17) is 28.5 Å². The maximum Gasteiger partial charge on any atom is 0.317 e. The summed E-state index contributed by atoms with van der Waals surface area (Å²) in [6, 6.07) is 0. The lowest BCUT2D eigenvalue weighted by atomic mass is 9.55. The summed E-state index contributed by atoms with van der Waals surface area (Å²) in [6.07, 6.45) is 11.7. The summed E-state index contributed by atoms with van der Waals surface area (Å²) < 4.78 is 50.9. The lowest BCUT2D eigenvalue weighted by Gasteiger charge is -2.54. The molecule has 0 amide bonds. The molecule has 13 nitrogen and oxygen atoms in total. The van der Waals surface area contributed by atoms with Crippen LogP contribution < -0.4 is 4.89 Å². The van der Waals surface area contributed by atoms with Crippen LogP contribution in [0.15, 0.2) is 12.5 Å². The summed E-state index contributed by atoms with van der Waals surface area (Å²) in [7, 11) is -3.65. The number of nitrogens with one attached hydrogen (secondary N) is 1. The molecule has 12 saturated carbocycles. The zero-order chi connectivity index (χ0) is 47.0. The fraction of sp³-hybridized carbons (Fsp3) is 0.885. The number of fused-ring (bicyclic) bond motifs is 18. The maximum absolute atomic E-state index is 14.0. The monoisotopic (exact) mass is 940 g/mol. The van der Waals surface area contributed by atoms with E-state index >= 15 is 0 Å². The Labute approximate surface area is 392 Å². The number of carbonyl (C=O) groups excluding carboxylic acids is 4. The van der Waals surface area contributed by atoms with Crippen LogP contribution in [0.5, 0.6) is 0 Å². The van der Waals surface area contributed by atoms with Crippen LogP contribution in [0, 0.1) is 142 Å². The average molecular weight is 940 g/mol. The number of carbonyl (C=O) groups is 4. The van der Waals surface area contributed by atoms with Crippen LogP contribution in [0.25, 0.3) is 0 Å². The molecule has 66 heavy (non-hydrogen) atoms. The number of hydrogen-bond donors (Lipinski definition) is 1. The Balaban J connectivity index is 0.000000155. The molecule has 12 rings (SSSR count). The number of esters is 4. The molecule has 12 fully saturated rings. The summed E-state index contributed by atoms with van der Waals surface area (Å²) >= 11 is 0. The first-order valence-electron chi connectivity index (χ1n) is 25.9. The van der Waals surface area contributed by atoms with Crippen molar-refractivity contribution in [3.05, 3.63) is 12.5 Å². The van der Waals surface area contributed by atoms with Crippen LogP contribution in [0.2, 0.25) is 0 Å². The van der Waals surface area contributed by atoms with Gasteiger partial charge in [-0.15, -0.1) is 0 Å². The molecule has 0 spiro atoms. The predicted octanol–water partition coefficient (Wildman–Crippen LogP) is 7.79. The van der Waals surface area contributed by atoms with Gasteiger partial charge in [0.25, 0.3) is 0 Å². The standard InChI is InChI=1S/C29H42O5.C23H35NO7S/c1-4-32-12-33-28(30)25-21-11-22(24-20-10-19(23(21)24)13(2)14(20)3)26(25)29(31)34-27-17-6-15-5-16(8-17)9-18(27)7-15;1-10-11(2)14-8-13(10)17-15-9-16(18(14)17)20(22(26)30-23(4,5)6)19(15)21(25)29-12(3)31-24-32(7,27)28/h13-27H,4-12H2,1-3H3;10-11,13-20,24H,3,8-9H2,1-2,4-7H3. The van der Waals surface area contributed by atoms with Crippen molar-refractivity contribution in [2.75, 3.05) is 19.7 Å². The van der Waals surface area contributed by atoms with E-state index in [-0.39, 0.29) is 60.4 Å². The zero-order valence-corrected chi connectivity index (χ0v) is 41.5. The molecule has 0 radical (unpaired) electrons. The molecule has 0 aliphatic heterocycles. The van der Waals surface area contributed by atoms with Gasteiger partial charge in [0.2, 0.25) is 10.0 Å². The fourth-order valence-electron chi connectivity index (χ4n) is 19.0. The third-order valence-electron chi connectivity index (χ3n) is 20.9. The predicted molar refractivity (Wildman–Crippen MR) is 241 cm³/mol. The molecule has 0 heterocycles. The van der Waals surface area contributed by atoms with E-state index in [1.165, 1.54) is 44.9 Å². The zero-order valence-electron chi connectivity index (χ0n) is 40.7. The van der Waals surface area contributed by atoms with E-state index in [1.54, 1.807) is 4.89 Å². The Morgan fingerprint density at radius 2 is 1.00 bits per heavy atom. The first-order valence-corrected chi connectivity index (χ1v) is 27.8. The van der Waals surface area contributed by atoms with Gasteiger partial charge in [-0.3, -0.25) is 19.2 Å². The molecule has 0 saturated heterocycles. The summed E-state index contributed by atoms with van der Waals surface area (Å²) in [5.41, 5.74) is -0.657. The fourth-order valence-corrected chi connectivity index (χ4v) is 19.3. The highest BCUT2D eigenvalue weighted by Crippen LogP contribution is 2.74. The van der Waals surface area contributed by atoms with E-state index in [0.717, 1.165) is 48.7 Å². The normalized spacial score (nSPS) is 49.0. The van der Waals surface area contributed by atoms with Gasteiger partial charge in [0.15, 0.2) is 6.79 Å². The molecule has 20 atom stereocenters. The molecular formula is C52H77NO12S. The lowest BCUT2D eigenvalue weighted by molar-refractivity contribution is -0.188. The molecule has 0 aromatic rings. The van der Waals surface area contributed by atoms with Crippen molar-refractivity contribution in [1.29, 1.82) is 0 Å². The first kappa shape index (κ1) is 47.0. The number of ether oxygens (including phenoxy) is 5. The van der Waals surface area contributed by atoms with E-state index in [1.807, 2.05) is 27.7 Å². The Morgan fingerprint density at radius 1 is 0.591 bits per heavy atom. The number of rotatable bonds is 12. The maximum atomic E-state index is 14.0. The van der Waals surface area contributed by atoms with Crippen LogP contribution in [-0.4, -0.2) is 63.7 Å². The van der Waals surface area contributed by atoms with Crippen molar-refractivity contribution in [2.24, 2.45) is 142 Å². The van der Waals surface area contributed by atoms with Gasteiger partial charge < -0.3 is 28.5 Å². The average Bonchev–Trinajstić information content (AvgIpc) is 4.11. The highest BCUT2D eigenvalue weighted by Gasteiger charge is 2.73. The van der Waals surface area contributed by atoms with Crippen molar-refractivity contribution in [3.63, 3.8) is 0 Å². The summed E-state index contributed by atoms with van der Waals surface area (Å²) in [4.78, 5) is 60.4. The van der Waals surface area contributed by atoms with Crippen LogP contribution in [-0.2, 0) is 57.7 Å². The topological polar surface area (TPSA) is 170 Å². The largest absolute Gasteiger partial charge is 0.462 e. The molecule has 1 N–H and O–H groups in total. The molecule has 12 aliphatic carbocycles. The minimum absolute atomic E-state index is 0.00583. The molecule has 20 unspecified atom stereocenters. The van der Waals surface area contributed by atoms with Gasteiger partial charge in [0.05, 0.1) is 29.9 Å². The highest BCUT2D eigenvalue weighted by atomic mass is 32.2. The Hall–Kier alpha value is -2.71. The van der Waals surface area contributed by atoms with Crippen LogP contribution in [0.1, 0.15) is 113 Å². The molecule has 368 valence electrons. The Bertz CT molecular complexity index is 2040. The molecule has 0 aromatic heterocycles. The second-order valence-corrected chi connectivity index (χ2v) is 26.5. The molecule has 12 aliphatic rings. The van der Waals surface area contributed by atoms with E-state index in [0.29, 0.717) is 77.6 Å². The molecular weight excluding hydrogens is 863 g/mol. The minimum atomic E-state index is -3.65. The number of hydrogen-bond acceptors (Lipinski definition) is 12. The van der Waals surface area contributed by atoms with Gasteiger partial charge >= 0.3 is 29.8 Å². The van der Waals surface area contributed by atoms with E-state index < -0.39 is 39.4 Å². The number of sulfonamides is 1. The van der Waals surface area contributed by atoms with Gasteiger partial charge in [-0.25, -0.2) is 8.42 Å². The third-order valence-corrected chi connectivity index (χ3v) is 21.3. The van der Waals surface area contributed by atoms with Crippen molar-refractivity contribution in [1.82, 2.24) is 4.89 Å². The van der Waals surface area contributed by atoms with Gasteiger partial charge in [0.1, 0.15) is 11.7 Å². The van der Waals surface area contributed by atoms with Crippen LogP contribution in [0.3, 0.4) is 0 Å². The minimum Gasteiger partial charge on any atom is -0.462 e. The highest BCUT2D eigenvalue weighted by molar-refractivity contribution is 7.88. The van der Waals surface area contributed by atoms with Gasteiger partial charge in [-0.05, 0) is 215 Å². The lowest BCUT2D eigenvalue weighted by Crippen LogP contribution is -2.52. The van der Waals surface area contributed by atoms with Crippen molar-refractivity contribution in [2.45, 2.75) is 125 Å². The molecule has 0 aromatic carbocycles. The van der Waals surface area contributed by atoms with Crippen molar-refractivity contribution < 1.29 is 56.1 Å².